The molecule has 0 atom stereocenters. The van der Waals surface area contributed by atoms with E-state index in [1.807, 2.05) is 18.2 Å². The van der Waals surface area contributed by atoms with Gasteiger partial charge < -0.3 is 4.74 Å². The maximum Gasteiger partial charge on any atom is 0.312 e. The van der Waals surface area contributed by atoms with Gasteiger partial charge in [0.25, 0.3) is 0 Å². The first-order chi connectivity index (χ1) is 14.9. The molecule has 4 rings (SSSR count). The Balaban J connectivity index is 1.48. The van der Waals surface area contributed by atoms with Crippen LogP contribution in [0.2, 0.25) is 0 Å². The maximum absolute atomic E-state index is 13.0. The van der Waals surface area contributed by atoms with Crippen LogP contribution in [0.3, 0.4) is 0 Å². The Morgan fingerprint density at radius 1 is 1.00 bits per heavy atom. The molecule has 9 heteroatoms. The normalized spacial score (nSPS) is 15.8. The fraction of sp³-hybridized carbons (Fsp3) is 0.273. The molecular weight excluding hydrogens is 418 g/mol. The zero-order valence-electron chi connectivity index (χ0n) is 17.1. The van der Waals surface area contributed by atoms with Crippen molar-refractivity contribution in [3.8, 4) is 5.75 Å². The summed E-state index contributed by atoms with van der Waals surface area (Å²) in [4.78, 5) is 12.7. The van der Waals surface area contributed by atoms with Crippen LogP contribution in [0.1, 0.15) is 5.56 Å². The average Bonchev–Trinajstić information content (AvgIpc) is 2.79. The number of benzene rings is 3. The van der Waals surface area contributed by atoms with Crippen LogP contribution in [0.4, 0.5) is 5.69 Å². The van der Waals surface area contributed by atoms with Gasteiger partial charge >= 0.3 is 5.69 Å². The molecule has 0 spiro atoms. The lowest BCUT2D eigenvalue weighted by Gasteiger charge is -2.34. The Bertz CT molecular complexity index is 1220. The Hall–Kier alpha value is -3.01. The molecular formula is C22H23N3O5S. The quantitative estimate of drug-likeness (QED) is 0.431. The lowest BCUT2D eigenvalue weighted by Crippen LogP contribution is -2.48. The van der Waals surface area contributed by atoms with Crippen molar-refractivity contribution in [3.63, 3.8) is 0 Å². The van der Waals surface area contributed by atoms with Gasteiger partial charge in [0.2, 0.25) is 10.0 Å². The van der Waals surface area contributed by atoms with Gasteiger partial charge in [-0.2, -0.15) is 4.31 Å². The number of hydrogen-bond donors (Lipinski definition) is 0. The fourth-order valence-electron chi connectivity index (χ4n) is 3.92. The lowest BCUT2D eigenvalue weighted by atomic mass is 10.0. The number of ether oxygens (including phenoxy) is 1. The molecule has 1 aliphatic rings. The monoisotopic (exact) mass is 441 g/mol. The van der Waals surface area contributed by atoms with Gasteiger partial charge in [-0.3, -0.25) is 15.0 Å². The van der Waals surface area contributed by atoms with Crippen LogP contribution in [0.5, 0.6) is 5.75 Å². The van der Waals surface area contributed by atoms with Crippen LogP contribution in [-0.2, 0) is 16.6 Å². The first-order valence-corrected chi connectivity index (χ1v) is 11.4. The van der Waals surface area contributed by atoms with Crippen molar-refractivity contribution in [2.45, 2.75) is 11.4 Å². The minimum atomic E-state index is -3.83. The van der Waals surface area contributed by atoms with E-state index >= 15 is 0 Å². The minimum absolute atomic E-state index is 0.0313. The molecule has 1 heterocycles. The van der Waals surface area contributed by atoms with Gasteiger partial charge in [0.1, 0.15) is 0 Å². The molecule has 0 amide bonds. The molecule has 3 aromatic rings. The molecule has 1 saturated heterocycles. The lowest BCUT2D eigenvalue weighted by molar-refractivity contribution is -0.386. The van der Waals surface area contributed by atoms with Gasteiger partial charge in [0.05, 0.1) is 16.9 Å². The standard InChI is InChI=1S/C22H23N3O5S/c1-30-22-10-9-19(15-21(22)25(26)27)31(28,29)24-13-11-23(12-14-24)16-18-7-4-6-17-5-2-3-8-20(17)18/h2-10,15H,11-14,16H2,1H3. The average molecular weight is 442 g/mol. The van der Waals surface area contributed by atoms with Crippen molar-refractivity contribution in [1.82, 2.24) is 9.21 Å². The number of nitrogens with zero attached hydrogens (tertiary/aromatic N) is 3. The third-order valence-corrected chi connectivity index (χ3v) is 7.48. The first kappa shape index (κ1) is 21.2. The zero-order valence-corrected chi connectivity index (χ0v) is 17.9. The summed E-state index contributed by atoms with van der Waals surface area (Å²) in [6.45, 7) is 2.56. The van der Waals surface area contributed by atoms with Crippen molar-refractivity contribution in [1.29, 1.82) is 0 Å². The number of piperazine rings is 1. The summed E-state index contributed by atoms with van der Waals surface area (Å²) in [6, 6.07) is 18.2. The third kappa shape index (κ3) is 4.25. The Labute approximate surface area is 180 Å². The summed E-state index contributed by atoms with van der Waals surface area (Å²) in [5.74, 6) is 0.0313. The molecule has 0 unspecified atom stereocenters. The minimum Gasteiger partial charge on any atom is -0.490 e. The number of nitro groups is 1. The summed E-state index contributed by atoms with van der Waals surface area (Å²) in [7, 11) is -2.52. The zero-order chi connectivity index (χ0) is 22.0. The molecule has 0 saturated carbocycles. The van der Waals surface area contributed by atoms with E-state index in [9.17, 15) is 18.5 Å². The summed E-state index contributed by atoms with van der Waals surface area (Å²) in [5, 5.41) is 13.6. The molecule has 0 aromatic heterocycles. The highest BCUT2D eigenvalue weighted by Crippen LogP contribution is 2.31. The number of hydrogen-bond acceptors (Lipinski definition) is 6. The van der Waals surface area contributed by atoms with Crippen LogP contribution in [0.25, 0.3) is 10.8 Å². The van der Waals surface area contributed by atoms with Crippen LogP contribution < -0.4 is 4.74 Å². The van der Waals surface area contributed by atoms with Crippen LogP contribution in [0.15, 0.2) is 65.6 Å². The van der Waals surface area contributed by atoms with Gasteiger partial charge in [0.15, 0.2) is 5.75 Å². The second kappa shape index (κ2) is 8.62. The topological polar surface area (TPSA) is 93.0 Å². The molecule has 1 fully saturated rings. The molecule has 8 nitrogen and oxygen atoms in total. The van der Waals surface area contributed by atoms with Crippen molar-refractivity contribution in [2.75, 3.05) is 33.3 Å². The number of fused-ring (bicyclic) bond motifs is 1. The van der Waals surface area contributed by atoms with Crippen molar-refractivity contribution in [3.05, 3.63) is 76.3 Å². The predicted molar refractivity (Wildman–Crippen MR) is 118 cm³/mol. The highest BCUT2D eigenvalue weighted by Gasteiger charge is 2.30. The molecule has 162 valence electrons. The molecule has 31 heavy (non-hydrogen) atoms. The van der Waals surface area contributed by atoms with E-state index in [1.165, 1.54) is 39.9 Å². The van der Waals surface area contributed by atoms with Crippen LogP contribution in [-0.4, -0.2) is 55.8 Å². The molecule has 0 bridgehead atoms. The van der Waals surface area contributed by atoms with Gasteiger partial charge in [-0.1, -0.05) is 42.5 Å². The van der Waals surface area contributed by atoms with E-state index in [4.69, 9.17) is 4.74 Å². The van der Waals surface area contributed by atoms with Gasteiger partial charge in [0, 0.05) is 38.8 Å². The SMILES string of the molecule is COc1ccc(S(=O)(=O)N2CCN(Cc3cccc4ccccc34)CC2)cc1[N+](=O)[O-]. The number of rotatable bonds is 6. The van der Waals surface area contributed by atoms with E-state index in [1.54, 1.807) is 0 Å². The van der Waals surface area contributed by atoms with Gasteiger partial charge in [-0.05, 0) is 28.5 Å². The third-order valence-electron chi connectivity index (χ3n) is 5.59. The molecule has 1 aliphatic heterocycles. The van der Waals surface area contributed by atoms with Crippen molar-refractivity contribution < 1.29 is 18.1 Å². The molecule has 0 aliphatic carbocycles. The summed E-state index contributed by atoms with van der Waals surface area (Å²) < 4.78 is 32.4. The molecule has 0 radical (unpaired) electrons. The molecule has 0 N–H and O–H groups in total. The summed E-state index contributed by atoms with van der Waals surface area (Å²) in [5.41, 5.74) is 0.846. The van der Waals surface area contributed by atoms with Crippen LogP contribution >= 0.6 is 0 Å². The smallest absolute Gasteiger partial charge is 0.312 e. The van der Waals surface area contributed by atoms with Crippen molar-refractivity contribution in [2.24, 2.45) is 0 Å². The fourth-order valence-corrected chi connectivity index (χ4v) is 5.36. The summed E-state index contributed by atoms with van der Waals surface area (Å²) in [6.07, 6.45) is 0. The number of sulfonamides is 1. The van der Waals surface area contributed by atoms with Crippen LogP contribution in [0, 0.1) is 10.1 Å². The predicted octanol–water partition coefficient (Wildman–Crippen LogP) is 3.26. The number of nitro benzene ring substituents is 1. The Morgan fingerprint density at radius 3 is 2.42 bits per heavy atom. The van der Waals surface area contributed by atoms with E-state index in [2.05, 4.69) is 29.2 Å². The second-order valence-corrected chi connectivity index (χ2v) is 9.35. The second-order valence-electron chi connectivity index (χ2n) is 7.41. The Kier molecular flexibility index (Phi) is 5.90. The van der Waals surface area contributed by atoms with Gasteiger partial charge in [-0.15, -0.1) is 0 Å². The summed E-state index contributed by atoms with van der Waals surface area (Å²) >= 11 is 0. The largest absolute Gasteiger partial charge is 0.490 e. The highest BCUT2D eigenvalue weighted by molar-refractivity contribution is 7.89. The number of methoxy groups -OCH3 is 1. The van der Waals surface area contributed by atoms with Gasteiger partial charge in [-0.25, -0.2) is 8.42 Å². The first-order valence-electron chi connectivity index (χ1n) is 9.92. The van der Waals surface area contributed by atoms with E-state index in [0.717, 1.165) is 12.6 Å². The van der Waals surface area contributed by atoms with E-state index in [-0.39, 0.29) is 16.3 Å². The maximum atomic E-state index is 13.0. The van der Waals surface area contributed by atoms with E-state index < -0.39 is 14.9 Å². The molecule has 3 aromatic carbocycles. The highest BCUT2D eigenvalue weighted by atomic mass is 32.2. The van der Waals surface area contributed by atoms with Crippen molar-refractivity contribution >= 4 is 26.5 Å². The Morgan fingerprint density at radius 2 is 1.71 bits per heavy atom. The van der Waals surface area contributed by atoms with E-state index in [0.29, 0.717) is 26.2 Å².